The highest BCUT2D eigenvalue weighted by atomic mass is 16.6. The zero-order valence-corrected chi connectivity index (χ0v) is 11.6. The van der Waals surface area contributed by atoms with E-state index in [4.69, 9.17) is 4.74 Å². The number of epoxide rings is 1. The summed E-state index contributed by atoms with van der Waals surface area (Å²) in [6.45, 7) is 0. The summed E-state index contributed by atoms with van der Waals surface area (Å²) >= 11 is 0. The second-order valence-corrected chi connectivity index (χ2v) is 6.06. The summed E-state index contributed by atoms with van der Waals surface area (Å²) in [6, 6.07) is 15.2. The van der Waals surface area contributed by atoms with Crippen LogP contribution in [0.3, 0.4) is 0 Å². The number of hydrogen-bond donors (Lipinski definition) is 2. The van der Waals surface area contributed by atoms with E-state index < -0.39 is 6.10 Å². The fraction of sp³-hybridized carbons (Fsp3) is 0.333. The predicted molar refractivity (Wildman–Crippen MR) is 79.9 cm³/mol. The molecular formula is C18H18O3. The van der Waals surface area contributed by atoms with E-state index in [1.54, 1.807) is 12.1 Å². The van der Waals surface area contributed by atoms with Crippen LogP contribution in [-0.4, -0.2) is 22.4 Å². The molecule has 1 aliphatic carbocycles. The molecule has 0 bridgehead atoms. The van der Waals surface area contributed by atoms with E-state index in [9.17, 15) is 10.2 Å². The first-order valence-corrected chi connectivity index (χ1v) is 7.43. The third kappa shape index (κ3) is 2.43. The molecule has 1 saturated carbocycles. The quantitative estimate of drug-likeness (QED) is 0.849. The third-order valence-corrected chi connectivity index (χ3v) is 4.66. The van der Waals surface area contributed by atoms with E-state index in [-0.39, 0.29) is 5.75 Å². The van der Waals surface area contributed by atoms with Gasteiger partial charge >= 0.3 is 0 Å². The number of phenolic OH excluding ortho intramolecular Hbond substituents is 1. The number of benzene rings is 2. The van der Waals surface area contributed by atoms with E-state index in [2.05, 4.69) is 0 Å². The Morgan fingerprint density at radius 2 is 1.38 bits per heavy atom. The summed E-state index contributed by atoms with van der Waals surface area (Å²) in [6.07, 6.45) is 2.37. The number of fused-ring (bicyclic) bond motifs is 1. The van der Waals surface area contributed by atoms with Crippen molar-refractivity contribution < 1.29 is 14.9 Å². The highest BCUT2D eigenvalue weighted by Gasteiger charge is 2.49. The van der Waals surface area contributed by atoms with Crippen molar-refractivity contribution in [2.75, 3.05) is 0 Å². The summed E-state index contributed by atoms with van der Waals surface area (Å²) in [5.74, 6) is 0.598. The lowest BCUT2D eigenvalue weighted by Gasteiger charge is -2.19. The van der Waals surface area contributed by atoms with Crippen molar-refractivity contribution in [3.63, 3.8) is 0 Å². The normalized spacial score (nSPS) is 28.1. The Morgan fingerprint density at radius 3 is 1.95 bits per heavy atom. The number of hydrogen-bond acceptors (Lipinski definition) is 3. The van der Waals surface area contributed by atoms with Crippen LogP contribution < -0.4 is 0 Å². The van der Waals surface area contributed by atoms with Gasteiger partial charge in [-0.2, -0.15) is 0 Å². The van der Waals surface area contributed by atoms with Crippen LogP contribution in [0.1, 0.15) is 24.5 Å². The van der Waals surface area contributed by atoms with Gasteiger partial charge in [-0.15, -0.1) is 0 Å². The van der Waals surface area contributed by atoms with Gasteiger partial charge in [-0.25, -0.2) is 0 Å². The van der Waals surface area contributed by atoms with Gasteiger partial charge in [0.2, 0.25) is 0 Å². The van der Waals surface area contributed by atoms with Gasteiger partial charge in [0.15, 0.2) is 0 Å². The van der Waals surface area contributed by atoms with Crippen LogP contribution in [0.25, 0.3) is 11.1 Å². The smallest absolute Gasteiger partial charge is 0.115 e. The van der Waals surface area contributed by atoms with E-state index in [0.29, 0.717) is 18.1 Å². The van der Waals surface area contributed by atoms with Gasteiger partial charge in [-0.3, -0.25) is 0 Å². The van der Waals surface area contributed by atoms with Crippen molar-refractivity contribution in [2.24, 2.45) is 5.92 Å². The molecule has 1 aliphatic heterocycles. The zero-order valence-electron chi connectivity index (χ0n) is 11.6. The number of aliphatic hydroxyl groups is 1. The molecule has 2 N–H and O–H groups in total. The number of phenols is 1. The van der Waals surface area contributed by atoms with E-state index in [0.717, 1.165) is 29.5 Å². The summed E-state index contributed by atoms with van der Waals surface area (Å²) in [7, 11) is 0. The van der Waals surface area contributed by atoms with Gasteiger partial charge in [0.25, 0.3) is 0 Å². The maximum absolute atomic E-state index is 10.5. The maximum atomic E-state index is 10.5. The summed E-state index contributed by atoms with van der Waals surface area (Å²) < 4.78 is 5.42. The standard InChI is InChI=1S/C18H18O3/c19-15-7-5-12(6-8-15)11-1-3-13(4-2-11)18(20)14-9-16-17(10-14)21-16/h1-8,14,16-20H,9-10H2/t14?,16-,17+,18-/m0/s1. The summed E-state index contributed by atoms with van der Waals surface area (Å²) in [5.41, 5.74) is 3.12. The Labute approximate surface area is 123 Å². The molecule has 0 aromatic heterocycles. The van der Waals surface area contributed by atoms with Crippen molar-refractivity contribution >= 4 is 0 Å². The highest BCUT2D eigenvalue weighted by molar-refractivity contribution is 5.64. The van der Waals surface area contributed by atoms with Crippen LogP contribution in [0.5, 0.6) is 5.75 Å². The Kier molecular flexibility index (Phi) is 2.98. The average Bonchev–Trinajstić information content (AvgIpc) is 3.13. The van der Waals surface area contributed by atoms with Crippen molar-refractivity contribution in [1.29, 1.82) is 0 Å². The Balaban J connectivity index is 1.51. The molecule has 3 heteroatoms. The first-order valence-electron chi connectivity index (χ1n) is 7.43. The molecule has 4 rings (SSSR count). The minimum Gasteiger partial charge on any atom is -0.508 e. The third-order valence-electron chi connectivity index (χ3n) is 4.66. The molecule has 4 atom stereocenters. The molecule has 1 heterocycles. The van der Waals surface area contributed by atoms with E-state index in [1.165, 1.54) is 0 Å². The van der Waals surface area contributed by atoms with Crippen molar-refractivity contribution in [3.8, 4) is 16.9 Å². The molecule has 21 heavy (non-hydrogen) atoms. The second-order valence-electron chi connectivity index (χ2n) is 6.06. The molecule has 2 aromatic rings. The van der Waals surface area contributed by atoms with Crippen molar-refractivity contribution in [3.05, 3.63) is 54.1 Å². The lowest BCUT2D eigenvalue weighted by atomic mass is 9.92. The van der Waals surface area contributed by atoms with Crippen LogP contribution in [0.2, 0.25) is 0 Å². The van der Waals surface area contributed by atoms with Gasteiger partial charge < -0.3 is 14.9 Å². The Bertz CT molecular complexity index is 623. The molecular weight excluding hydrogens is 264 g/mol. The Hall–Kier alpha value is -1.84. The predicted octanol–water partition coefficient (Wildman–Crippen LogP) is 3.27. The fourth-order valence-electron chi connectivity index (χ4n) is 3.34. The molecule has 108 valence electrons. The van der Waals surface area contributed by atoms with Gasteiger partial charge in [0.05, 0.1) is 18.3 Å². The van der Waals surface area contributed by atoms with E-state index >= 15 is 0 Å². The van der Waals surface area contributed by atoms with Crippen LogP contribution in [0.15, 0.2) is 48.5 Å². The summed E-state index contributed by atoms with van der Waals surface area (Å²) in [4.78, 5) is 0. The zero-order chi connectivity index (χ0) is 14.4. The average molecular weight is 282 g/mol. The first kappa shape index (κ1) is 12.9. The van der Waals surface area contributed by atoms with Crippen LogP contribution in [-0.2, 0) is 4.74 Å². The summed E-state index contributed by atoms with van der Waals surface area (Å²) in [5, 5.41) is 19.8. The molecule has 3 nitrogen and oxygen atoms in total. The van der Waals surface area contributed by atoms with Gasteiger partial charge in [-0.05, 0) is 47.6 Å². The van der Waals surface area contributed by atoms with Crippen LogP contribution >= 0.6 is 0 Å². The van der Waals surface area contributed by atoms with Crippen LogP contribution in [0.4, 0.5) is 0 Å². The minimum absolute atomic E-state index is 0.271. The van der Waals surface area contributed by atoms with Crippen molar-refractivity contribution in [2.45, 2.75) is 31.2 Å². The first-order chi connectivity index (χ1) is 10.2. The minimum atomic E-state index is -0.393. The Morgan fingerprint density at radius 1 is 0.857 bits per heavy atom. The van der Waals surface area contributed by atoms with E-state index in [1.807, 2.05) is 36.4 Å². The number of ether oxygens (including phenoxy) is 1. The van der Waals surface area contributed by atoms with Crippen molar-refractivity contribution in [1.82, 2.24) is 0 Å². The number of aromatic hydroxyl groups is 1. The monoisotopic (exact) mass is 282 g/mol. The lowest BCUT2D eigenvalue weighted by Crippen LogP contribution is -2.11. The number of aliphatic hydroxyl groups excluding tert-OH is 1. The fourth-order valence-corrected chi connectivity index (χ4v) is 3.34. The molecule has 1 saturated heterocycles. The number of rotatable bonds is 3. The SMILES string of the molecule is Oc1ccc(-c2ccc([C@H](O)C3C[C@@H]4O[C@@H]4C3)cc2)cc1. The lowest BCUT2D eigenvalue weighted by molar-refractivity contribution is 0.0866. The molecule has 0 spiro atoms. The van der Waals surface area contributed by atoms with Gasteiger partial charge in [0, 0.05) is 0 Å². The molecule has 1 unspecified atom stereocenters. The molecule has 0 amide bonds. The van der Waals surface area contributed by atoms with Gasteiger partial charge in [0.1, 0.15) is 5.75 Å². The second kappa shape index (κ2) is 4.86. The topological polar surface area (TPSA) is 53.0 Å². The van der Waals surface area contributed by atoms with Gasteiger partial charge in [-0.1, -0.05) is 36.4 Å². The molecule has 2 fully saturated rings. The van der Waals surface area contributed by atoms with Crippen LogP contribution in [0, 0.1) is 5.92 Å². The molecule has 2 aromatic carbocycles. The highest BCUT2D eigenvalue weighted by Crippen LogP contribution is 2.47. The molecule has 2 aliphatic rings. The molecule has 0 radical (unpaired) electrons. The maximum Gasteiger partial charge on any atom is 0.115 e. The largest absolute Gasteiger partial charge is 0.508 e.